The lowest BCUT2D eigenvalue weighted by Gasteiger charge is -2.08. The van der Waals surface area contributed by atoms with Crippen molar-refractivity contribution in [2.45, 2.75) is 9.79 Å². The van der Waals surface area contributed by atoms with Crippen molar-refractivity contribution >= 4 is 17.7 Å². The Bertz CT molecular complexity index is 572. The first kappa shape index (κ1) is 12.4. The largest absolute Gasteiger partial charge is 0.496 e. The smallest absolute Gasteiger partial charge is 0.355 e. The number of rotatable bonds is 4. The van der Waals surface area contributed by atoms with E-state index in [1.165, 1.54) is 18.0 Å². The van der Waals surface area contributed by atoms with Crippen molar-refractivity contribution in [3.8, 4) is 5.75 Å². The van der Waals surface area contributed by atoms with Gasteiger partial charge in [0.15, 0.2) is 5.69 Å². The van der Waals surface area contributed by atoms with Crippen molar-refractivity contribution < 1.29 is 14.6 Å². The Kier molecular flexibility index (Phi) is 3.84. The molecule has 18 heavy (non-hydrogen) atoms. The van der Waals surface area contributed by atoms with Gasteiger partial charge in [-0.15, -0.1) is 0 Å². The van der Waals surface area contributed by atoms with Crippen LogP contribution in [-0.4, -0.2) is 23.2 Å². The van der Waals surface area contributed by atoms with Gasteiger partial charge in [0.05, 0.1) is 12.0 Å². The number of ether oxygens (including phenoxy) is 1. The van der Waals surface area contributed by atoms with Gasteiger partial charge in [0.25, 0.3) is 0 Å². The van der Waals surface area contributed by atoms with E-state index < -0.39 is 5.97 Å². The maximum absolute atomic E-state index is 11.1. The van der Waals surface area contributed by atoms with Gasteiger partial charge in [-0.2, -0.15) is 0 Å². The summed E-state index contributed by atoms with van der Waals surface area (Å²) in [5.41, 5.74) is 0.0495. The lowest BCUT2D eigenvalue weighted by molar-refractivity contribution is 0.0686. The molecule has 0 aliphatic rings. The summed E-state index contributed by atoms with van der Waals surface area (Å²) in [4.78, 5) is 16.4. The van der Waals surface area contributed by atoms with E-state index in [-0.39, 0.29) is 5.69 Å². The van der Waals surface area contributed by atoms with Gasteiger partial charge in [-0.25, -0.2) is 9.78 Å². The number of carbonyl (C=O) groups is 1. The molecule has 0 spiro atoms. The number of methoxy groups -OCH3 is 1. The molecule has 4 nitrogen and oxygen atoms in total. The number of aromatic nitrogens is 1. The molecule has 0 aliphatic heterocycles. The van der Waals surface area contributed by atoms with Gasteiger partial charge < -0.3 is 9.84 Å². The van der Waals surface area contributed by atoms with Gasteiger partial charge >= 0.3 is 5.97 Å². The van der Waals surface area contributed by atoms with Gasteiger partial charge in [-0.05, 0) is 24.3 Å². The normalized spacial score (nSPS) is 10.1. The van der Waals surface area contributed by atoms with Crippen molar-refractivity contribution in [2.75, 3.05) is 7.11 Å². The first-order valence-electron chi connectivity index (χ1n) is 5.21. The summed E-state index contributed by atoms with van der Waals surface area (Å²) >= 11 is 1.33. The predicted molar refractivity (Wildman–Crippen MR) is 68.3 cm³/mol. The Labute approximate surface area is 109 Å². The summed E-state index contributed by atoms with van der Waals surface area (Å²) < 4.78 is 5.23. The molecule has 5 heteroatoms. The summed E-state index contributed by atoms with van der Waals surface area (Å²) in [5, 5.41) is 9.06. The van der Waals surface area contributed by atoms with Crippen molar-refractivity contribution in [3.63, 3.8) is 0 Å². The highest BCUT2D eigenvalue weighted by atomic mass is 32.2. The summed E-state index contributed by atoms with van der Waals surface area (Å²) in [6, 6.07) is 10.9. The standard InChI is InChI=1S/C13H11NO3S/c1-17-9-5-2-3-6-10(9)18-11-7-4-8-14-12(11)13(15)16/h2-8H,1H3,(H,15,16). The molecule has 1 aromatic heterocycles. The van der Waals surface area contributed by atoms with E-state index in [1.54, 1.807) is 19.2 Å². The number of para-hydroxylation sites is 1. The van der Waals surface area contributed by atoms with E-state index in [1.807, 2.05) is 24.3 Å². The molecule has 0 fully saturated rings. The molecular weight excluding hydrogens is 250 g/mol. The van der Waals surface area contributed by atoms with Crippen LogP contribution in [0.4, 0.5) is 0 Å². The topological polar surface area (TPSA) is 59.4 Å². The zero-order chi connectivity index (χ0) is 13.0. The molecule has 2 aromatic rings. The van der Waals surface area contributed by atoms with Crippen molar-refractivity contribution in [2.24, 2.45) is 0 Å². The number of hydrogen-bond donors (Lipinski definition) is 1. The number of hydrogen-bond acceptors (Lipinski definition) is 4. The Morgan fingerprint density at radius 1 is 1.22 bits per heavy atom. The van der Waals surface area contributed by atoms with E-state index in [0.29, 0.717) is 10.6 Å². The average molecular weight is 261 g/mol. The molecule has 1 aromatic carbocycles. The fourth-order valence-corrected chi connectivity index (χ4v) is 2.47. The third-order valence-electron chi connectivity index (χ3n) is 2.26. The predicted octanol–water partition coefficient (Wildman–Crippen LogP) is 2.94. The van der Waals surface area contributed by atoms with Gasteiger partial charge in [-0.3, -0.25) is 0 Å². The van der Waals surface area contributed by atoms with E-state index in [0.717, 1.165) is 4.90 Å². The van der Waals surface area contributed by atoms with Crippen molar-refractivity contribution in [1.29, 1.82) is 0 Å². The minimum Gasteiger partial charge on any atom is -0.496 e. The second-order valence-corrected chi connectivity index (χ2v) is 4.49. The molecular formula is C13H11NO3S. The molecule has 0 atom stereocenters. The van der Waals surface area contributed by atoms with Crippen LogP contribution in [0, 0.1) is 0 Å². The summed E-state index contributed by atoms with van der Waals surface area (Å²) in [7, 11) is 1.58. The zero-order valence-electron chi connectivity index (χ0n) is 9.66. The Morgan fingerprint density at radius 3 is 2.67 bits per heavy atom. The highest BCUT2D eigenvalue weighted by molar-refractivity contribution is 7.99. The van der Waals surface area contributed by atoms with Crippen LogP contribution in [0.2, 0.25) is 0 Å². The molecule has 0 unspecified atom stereocenters. The molecule has 2 rings (SSSR count). The molecule has 0 saturated heterocycles. The maximum Gasteiger partial charge on any atom is 0.355 e. The highest BCUT2D eigenvalue weighted by Gasteiger charge is 2.13. The third kappa shape index (κ3) is 2.62. The average Bonchev–Trinajstić information content (AvgIpc) is 2.40. The van der Waals surface area contributed by atoms with E-state index in [9.17, 15) is 4.79 Å². The fourth-order valence-electron chi connectivity index (χ4n) is 1.46. The van der Waals surface area contributed by atoms with Crippen LogP contribution in [0.25, 0.3) is 0 Å². The van der Waals surface area contributed by atoms with Gasteiger partial charge in [0.2, 0.25) is 0 Å². The monoisotopic (exact) mass is 261 g/mol. The summed E-state index contributed by atoms with van der Waals surface area (Å²) in [6.07, 6.45) is 1.47. The number of carboxylic acids is 1. The minimum absolute atomic E-state index is 0.0495. The molecule has 0 radical (unpaired) electrons. The van der Waals surface area contributed by atoms with Crippen molar-refractivity contribution in [3.05, 3.63) is 48.3 Å². The number of benzene rings is 1. The van der Waals surface area contributed by atoms with E-state index in [2.05, 4.69) is 4.98 Å². The lowest BCUT2D eigenvalue weighted by Crippen LogP contribution is -2.01. The lowest BCUT2D eigenvalue weighted by atomic mass is 10.3. The molecule has 92 valence electrons. The number of carboxylic acid groups (broad SMARTS) is 1. The SMILES string of the molecule is COc1ccccc1Sc1cccnc1C(=O)O. The summed E-state index contributed by atoms with van der Waals surface area (Å²) in [5.74, 6) is -0.323. The van der Waals surface area contributed by atoms with Crippen molar-refractivity contribution in [1.82, 2.24) is 4.98 Å². The maximum atomic E-state index is 11.1. The molecule has 0 amide bonds. The van der Waals surface area contributed by atoms with Crippen LogP contribution >= 0.6 is 11.8 Å². The van der Waals surface area contributed by atoms with E-state index in [4.69, 9.17) is 9.84 Å². The van der Waals surface area contributed by atoms with Crippen LogP contribution in [0.15, 0.2) is 52.4 Å². The summed E-state index contributed by atoms with van der Waals surface area (Å²) in [6.45, 7) is 0. The molecule has 1 heterocycles. The van der Waals surface area contributed by atoms with Crippen LogP contribution in [-0.2, 0) is 0 Å². The van der Waals surface area contributed by atoms with Crippen LogP contribution in [0.3, 0.4) is 0 Å². The molecule has 1 N–H and O–H groups in total. The van der Waals surface area contributed by atoms with Crippen LogP contribution in [0.5, 0.6) is 5.75 Å². The van der Waals surface area contributed by atoms with Crippen LogP contribution < -0.4 is 4.74 Å². The highest BCUT2D eigenvalue weighted by Crippen LogP contribution is 2.35. The van der Waals surface area contributed by atoms with Gasteiger partial charge in [0.1, 0.15) is 5.75 Å². The molecule has 0 bridgehead atoms. The Hall–Kier alpha value is -2.01. The molecule has 0 aliphatic carbocycles. The fraction of sp³-hybridized carbons (Fsp3) is 0.0769. The van der Waals surface area contributed by atoms with E-state index >= 15 is 0 Å². The Balaban J connectivity index is 2.37. The second-order valence-electron chi connectivity index (χ2n) is 3.41. The second kappa shape index (κ2) is 5.55. The quantitative estimate of drug-likeness (QED) is 0.917. The Morgan fingerprint density at radius 2 is 1.94 bits per heavy atom. The number of nitrogens with zero attached hydrogens (tertiary/aromatic N) is 1. The number of pyridine rings is 1. The van der Waals surface area contributed by atoms with Gasteiger partial charge in [0, 0.05) is 11.1 Å². The third-order valence-corrected chi connectivity index (χ3v) is 3.37. The first-order chi connectivity index (χ1) is 8.72. The van der Waals surface area contributed by atoms with Crippen LogP contribution in [0.1, 0.15) is 10.5 Å². The number of aromatic carboxylic acids is 1. The zero-order valence-corrected chi connectivity index (χ0v) is 10.5. The molecule has 0 saturated carbocycles. The first-order valence-corrected chi connectivity index (χ1v) is 6.03. The van der Waals surface area contributed by atoms with Gasteiger partial charge in [-0.1, -0.05) is 23.9 Å². The minimum atomic E-state index is -1.03.